The zero-order valence-corrected chi connectivity index (χ0v) is 18.3. The third kappa shape index (κ3) is 5.85. The third-order valence-corrected chi connectivity index (χ3v) is 5.76. The number of carbonyl (C=O) groups excluding carboxylic acids is 1. The number of halogens is 2. The Labute approximate surface area is 191 Å². The van der Waals surface area contributed by atoms with Crippen molar-refractivity contribution in [2.24, 2.45) is 0 Å². The molecule has 3 aromatic rings. The molecule has 0 spiro atoms. The first-order chi connectivity index (χ1) is 15.1. The predicted molar refractivity (Wildman–Crippen MR) is 125 cm³/mol. The molecule has 2 heterocycles. The molecule has 0 saturated carbocycles. The lowest BCUT2D eigenvalue weighted by Crippen LogP contribution is -2.46. The van der Waals surface area contributed by atoms with Gasteiger partial charge in [-0.15, -0.1) is 0 Å². The van der Waals surface area contributed by atoms with Crippen LogP contribution in [0.3, 0.4) is 0 Å². The fourth-order valence-electron chi connectivity index (χ4n) is 3.42. The molecule has 7 nitrogen and oxygen atoms in total. The molecule has 1 aliphatic rings. The summed E-state index contributed by atoms with van der Waals surface area (Å²) in [5.74, 6) is 1.22. The highest BCUT2D eigenvalue weighted by atomic mass is 35.5. The van der Waals surface area contributed by atoms with E-state index in [0.29, 0.717) is 21.6 Å². The van der Waals surface area contributed by atoms with E-state index in [2.05, 4.69) is 54.7 Å². The van der Waals surface area contributed by atoms with Gasteiger partial charge in [-0.2, -0.15) is 0 Å². The van der Waals surface area contributed by atoms with Crippen LogP contribution in [0.5, 0.6) is 0 Å². The molecule has 2 N–H and O–H groups in total. The zero-order valence-electron chi connectivity index (χ0n) is 16.8. The molecule has 4 rings (SSSR count). The van der Waals surface area contributed by atoms with Crippen molar-refractivity contribution in [2.45, 2.75) is 6.54 Å². The van der Waals surface area contributed by atoms with Gasteiger partial charge in [0.2, 0.25) is 0 Å². The van der Waals surface area contributed by atoms with E-state index in [1.165, 1.54) is 11.9 Å². The highest BCUT2D eigenvalue weighted by Gasteiger charge is 2.19. The van der Waals surface area contributed by atoms with Crippen LogP contribution < -0.4 is 15.5 Å². The summed E-state index contributed by atoms with van der Waals surface area (Å²) >= 11 is 11.9. The fraction of sp³-hybridized carbons (Fsp3) is 0.227. The van der Waals surface area contributed by atoms with Crippen LogP contribution in [-0.2, 0) is 6.54 Å². The van der Waals surface area contributed by atoms with Gasteiger partial charge in [0.25, 0.3) is 0 Å². The molecule has 9 heteroatoms. The van der Waals surface area contributed by atoms with Crippen LogP contribution in [0.15, 0.2) is 60.9 Å². The maximum absolute atomic E-state index is 12.3. The van der Waals surface area contributed by atoms with E-state index >= 15 is 0 Å². The van der Waals surface area contributed by atoms with E-state index < -0.39 is 6.03 Å². The van der Waals surface area contributed by atoms with Crippen LogP contribution in [0.1, 0.15) is 5.56 Å². The number of hydrogen-bond donors (Lipinski definition) is 2. The summed E-state index contributed by atoms with van der Waals surface area (Å²) < 4.78 is 0. The van der Waals surface area contributed by atoms with Gasteiger partial charge in [-0.1, -0.05) is 53.5 Å². The maximum atomic E-state index is 12.3. The molecular formula is C22H22Cl2N6O. The Kier molecular flexibility index (Phi) is 6.86. The SMILES string of the molecule is O=C(Nc1ccc(Cl)c(Cl)c1)Nc1cc(N2CCN(Cc3ccccc3)CC2)ncn1. The Hall–Kier alpha value is -2.87. The summed E-state index contributed by atoms with van der Waals surface area (Å²) in [6.07, 6.45) is 1.46. The highest BCUT2D eigenvalue weighted by molar-refractivity contribution is 6.42. The minimum Gasteiger partial charge on any atom is -0.354 e. The molecule has 1 aliphatic heterocycles. The second kappa shape index (κ2) is 9.96. The first-order valence-electron chi connectivity index (χ1n) is 9.93. The van der Waals surface area contributed by atoms with E-state index in [1.54, 1.807) is 24.3 Å². The topological polar surface area (TPSA) is 73.4 Å². The Morgan fingerprint density at radius 2 is 1.68 bits per heavy atom. The van der Waals surface area contributed by atoms with Gasteiger partial charge in [0.05, 0.1) is 10.0 Å². The van der Waals surface area contributed by atoms with Crippen LogP contribution in [-0.4, -0.2) is 47.1 Å². The summed E-state index contributed by atoms with van der Waals surface area (Å²) in [6.45, 7) is 4.55. The number of hydrogen-bond acceptors (Lipinski definition) is 5. The van der Waals surface area contributed by atoms with Gasteiger partial charge in [0.1, 0.15) is 18.0 Å². The molecule has 31 heavy (non-hydrogen) atoms. The first-order valence-corrected chi connectivity index (χ1v) is 10.7. The number of piperazine rings is 1. The summed E-state index contributed by atoms with van der Waals surface area (Å²) in [5, 5.41) is 6.24. The van der Waals surface area contributed by atoms with Gasteiger partial charge in [0.15, 0.2) is 0 Å². The molecule has 1 aromatic heterocycles. The van der Waals surface area contributed by atoms with Crippen molar-refractivity contribution >= 4 is 46.6 Å². The van der Waals surface area contributed by atoms with Gasteiger partial charge in [-0.05, 0) is 23.8 Å². The molecule has 0 bridgehead atoms. The lowest BCUT2D eigenvalue weighted by Gasteiger charge is -2.35. The normalized spacial score (nSPS) is 14.3. The summed E-state index contributed by atoms with van der Waals surface area (Å²) in [4.78, 5) is 25.5. The maximum Gasteiger partial charge on any atom is 0.324 e. The number of aromatic nitrogens is 2. The van der Waals surface area contributed by atoms with E-state index in [4.69, 9.17) is 23.2 Å². The zero-order chi connectivity index (χ0) is 21.6. The van der Waals surface area contributed by atoms with Gasteiger partial charge >= 0.3 is 6.03 Å². The number of benzene rings is 2. The number of anilines is 3. The average molecular weight is 457 g/mol. The number of carbonyl (C=O) groups is 1. The van der Waals surface area contributed by atoms with Crippen molar-refractivity contribution in [2.75, 3.05) is 41.7 Å². The van der Waals surface area contributed by atoms with Crippen LogP contribution in [0, 0.1) is 0 Å². The molecule has 2 amide bonds. The second-order valence-corrected chi connectivity index (χ2v) is 8.03. The quantitative estimate of drug-likeness (QED) is 0.579. The van der Waals surface area contributed by atoms with E-state index in [0.717, 1.165) is 38.5 Å². The highest BCUT2D eigenvalue weighted by Crippen LogP contribution is 2.25. The molecule has 1 fully saturated rings. The molecule has 160 valence electrons. The molecule has 2 aromatic carbocycles. The number of nitrogens with zero attached hydrogens (tertiary/aromatic N) is 4. The molecule has 0 atom stereocenters. The predicted octanol–water partition coefficient (Wildman–Crippen LogP) is 4.75. The number of nitrogens with one attached hydrogen (secondary N) is 2. The number of amides is 2. The van der Waals surface area contributed by atoms with Gasteiger partial charge in [-0.25, -0.2) is 14.8 Å². The van der Waals surface area contributed by atoms with Crippen molar-refractivity contribution in [3.8, 4) is 0 Å². The van der Waals surface area contributed by atoms with Crippen LogP contribution >= 0.6 is 23.2 Å². The van der Waals surface area contributed by atoms with Gasteiger partial charge in [-0.3, -0.25) is 10.2 Å². The van der Waals surface area contributed by atoms with Crippen LogP contribution in [0.2, 0.25) is 10.0 Å². The Bertz CT molecular complexity index is 1040. The lowest BCUT2D eigenvalue weighted by molar-refractivity contribution is 0.249. The smallest absolute Gasteiger partial charge is 0.324 e. The molecule has 1 saturated heterocycles. The number of rotatable bonds is 5. The van der Waals surface area contributed by atoms with Gasteiger partial charge in [0, 0.05) is 44.5 Å². The number of urea groups is 1. The fourth-order valence-corrected chi connectivity index (χ4v) is 3.72. The summed E-state index contributed by atoms with van der Waals surface area (Å²) in [5.41, 5.74) is 1.85. The lowest BCUT2D eigenvalue weighted by atomic mass is 10.2. The summed E-state index contributed by atoms with van der Waals surface area (Å²) in [7, 11) is 0. The van der Waals surface area contributed by atoms with Crippen molar-refractivity contribution in [3.63, 3.8) is 0 Å². The largest absolute Gasteiger partial charge is 0.354 e. The van der Waals surface area contributed by atoms with Crippen molar-refractivity contribution in [1.29, 1.82) is 0 Å². The van der Waals surface area contributed by atoms with E-state index in [1.807, 2.05) is 6.07 Å². The van der Waals surface area contributed by atoms with Crippen molar-refractivity contribution in [3.05, 3.63) is 76.5 Å². The minimum absolute atomic E-state index is 0.371. The van der Waals surface area contributed by atoms with Crippen molar-refractivity contribution < 1.29 is 4.79 Å². The molecule has 0 radical (unpaired) electrons. The Balaban J connectivity index is 1.32. The standard InChI is InChI=1S/C22H22Cl2N6O/c23-18-7-6-17(12-19(18)24)27-22(31)28-20-13-21(26-15-25-20)30-10-8-29(9-11-30)14-16-4-2-1-3-5-16/h1-7,12-13,15H,8-11,14H2,(H2,25,26,27,28,31). The van der Waals surface area contributed by atoms with Crippen LogP contribution in [0.4, 0.5) is 22.1 Å². The summed E-state index contributed by atoms with van der Waals surface area (Å²) in [6, 6.07) is 16.7. The van der Waals surface area contributed by atoms with Gasteiger partial charge < -0.3 is 10.2 Å². The third-order valence-electron chi connectivity index (χ3n) is 5.02. The Morgan fingerprint density at radius 3 is 2.42 bits per heavy atom. The molecule has 0 aliphatic carbocycles. The molecule has 0 unspecified atom stereocenters. The van der Waals surface area contributed by atoms with E-state index in [-0.39, 0.29) is 0 Å². The van der Waals surface area contributed by atoms with Crippen molar-refractivity contribution in [1.82, 2.24) is 14.9 Å². The first kappa shape index (κ1) is 21.4. The monoisotopic (exact) mass is 456 g/mol. The Morgan fingerprint density at radius 1 is 0.903 bits per heavy atom. The molecular weight excluding hydrogens is 435 g/mol. The van der Waals surface area contributed by atoms with E-state index in [9.17, 15) is 4.79 Å². The van der Waals surface area contributed by atoms with Crippen LogP contribution in [0.25, 0.3) is 0 Å². The second-order valence-electron chi connectivity index (χ2n) is 7.22. The average Bonchev–Trinajstić information content (AvgIpc) is 2.78. The minimum atomic E-state index is -0.421.